The lowest BCUT2D eigenvalue weighted by Crippen LogP contribution is -2.49. The molecule has 1 aromatic heterocycles. The summed E-state index contributed by atoms with van der Waals surface area (Å²) in [6.45, 7) is 7.21. The third-order valence-electron chi connectivity index (χ3n) is 4.04. The van der Waals surface area contributed by atoms with Gasteiger partial charge < -0.3 is 9.47 Å². The van der Waals surface area contributed by atoms with E-state index >= 15 is 0 Å². The standard InChI is InChI=1S/C13H20N6O2S/c1-10-9-22(20,21)13(14-10)19-6-4-18(5-7-19)8-12-16-15-11(2)17(12)3/h9H,4-8H2,1-3H3. The van der Waals surface area contributed by atoms with Gasteiger partial charge >= 0.3 is 0 Å². The van der Waals surface area contributed by atoms with E-state index in [1.54, 1.807) is 6.92 Å². The van der Waals surface area contributed by atoms with Crippen LogP contribution in [0, 0.1) is 6.92 Å². The zero-order chi connectivity index (χ0) is 15.9. The van der Waals surface area contributed by atoms with E-state index < -0.39 is 9.84 Å². The van der Waals surface area contributed by atoms with Crippen LogP contribution in [-0.2, 0) is 23.4 Å². The van der Waals surface area contributed by atoms with Crippen molar-refractivity contribution in [2.45, 2.75) is 20.4 Å². The zero-order valence-electron chi connectivity index (χ0n) is 13.0. The van der Waals surface area contributed by atoms with Crippen LogP contribution in [0.2, 0.25) is 0 Å². The summed E-state index contributed by atoms with van der Waals surface area (Å²) in [6, 6.07) is 0. The van der Waals surface area contributed by atoms with Gasteiger partial charge in [-0.3, -0.25) is 4.90 Å². The van der Waals surface area contributed by atoms with E-state index in [9.17, 15) is 8.42 Å². The number of hydrogen-bond donors (Lipinski definition) is 0. The molecule has 1 aromatic rings. The Morgan fingerprint density at radius 2 is 1.82 bits per heavy atom. The maximum absolute atomic E-state index is 12.0. The molecule has 0 saturated carbocycles. The molecule has 1 saturated heterocycles. The zero-order valence-corrected chi connectivity index (χ0v) is 13.8. The average molecular weight is 324 g/mol. The Morgan fingerprint density at radius 3 is 2.32 bits per heavy atom. The first-order valence-corrected chi connectivity index (χ1v) is 8.76. The molecule has 0 atom stereocenters. The van der Waals surface area contributed by atoms with E-state index in [2.05, 4.69) is 20.1 Å². The summed E-state index contributed by atoms with van der Waals surface area (Å²) in [5, 5.41) is 9.65. The number of aromatic nitrogens is 3. The molecular formula is C13H20N6O2S. The molecule has 2 aliphatic heterocycles. The lowest BCUT2D eigenvalue weighted by molar-refractivity contribution is 0.172. The predicted molar refractivity (Wildman–Crippen MR) is 82.7 cm³/mol. The van der Waals surface area contributed by atoms with Crippen molar-refractivity contribution in [3.05, 3.63) is 22.8 Å². The highest BCUT2D eigenvalue weighted by atomic mass is 32.2. The van der Waals surface area contributed by atoms with Crippen LogP contribution >= 0.6 is 0 Å². The number of nitrogens with zero attached hydrogens (tertiary/aromatic N) is 6. The van der Waals surface area contributed by atoms with Crippen molar-refractivity contribution < 1.29 is 8.42 Å². The van der Waals surface area contributed by atoms with E-state index in [0.717, 1.165) is 31.3 Å². The molecule has 9 heteroatoms. The van der Waals surface area contributed by atoms with Gasteiger partial charge in [-0.25, -0.2) is 13.4 Å². The summed E-state index contributed by atoms with van der Waals surface area (Å²) in [5.74, 6) is 1.82. The van der Waals surface area contributed by atoms with E-state index in [4.69, 9.17) is 0 Å². The van der Waals surface area contributed by atoms with Crippen molar-refractivity contribution in [3.63, 3.8) is 0 Å². The Bertz CT molecular complexity index is 741. The van der Waals surface area contributed by atoms with E-state index in [1.165, 1.54) is 5.41 Å². The third-order valence-corrected chi connectivity index (χ3v) is 5.55. The molecule has 120 valence electrons. The van der Waals surface area contributed by atoms with Crippen LogP contribution in [0.3, 0.4) is 0 Å². The van der Waals surface area contributed by atoms with Crippen LogP contribution in [0.4, 0.5) is 0 Å². The molecule has 0 aliphatic carbocycles. The summed E-state index contributed by atoms with van der Waals surface area (Å²) in [4.78, 5) is 8.26. The molecule has 0 unspecified atom stereocenters. The second kappa shape index (κ2) is 5.47. The van der Waals surface area contributed by atoms with Crippen molar-refractivity contribution in [3.8, 4) is 0 Å². The second-order valence-electron chi connectivity index (χ2n) is 5.68. The van der Waals surface area contributed by atoms with Crippen molar-refractivity contribution in [1.29, 1.82) is 0 Å². The summed E-state index contributed by atoms with van der Waals surface area (Å²) >= 11 is 0. The van der Waals surface area contributed by atoms with E-state index in [-0.39, 0.29) is 5.17 Å². The van der Waals surface area contributed by atoms with Gasteiger partial charge in [-0.2, -0.15) is 0 Å². The number of hydrogen-bond acceptors (Lipinski definition) is 7. The molecule has 2 aliphatic rings. The van der Waals surface area contributed by atoms with Crippen LogP contribution in [0.1, 0.15) is 18.6 Å². The molecular weight excluding hydrogens is 304 g/mol. The van der Waals surface area contributed by atoms with Gasteiger partial charge in [-0.05, 0) is 13.8 Å². The molecule has 0 aromatic carbocycles. The average Bonchev–Trinajstić information content (AvgIpc) is 2.92. The fourth-order valence-electron chi connectivity index (χ4n) is 2.65. The predicted octanol–water partition coefficient (Wildman–Crippen LogP) is -0.113. The van der Waals surface area contributed by atoms with E-state index in [0.29, 0.717) is 18.8 Å². The Morgan fingerprint density at radius 1 is 1.14 bits per heavy atom. The molecule has 3 heterocycles. The molecule has 22 heavy (non-hydrogen) atoms. The SMILES string of the molecule is CC1=CS(=O)(=O)C(N2CCN(Cc3nnc(C)n3C)CC2)=N1. The lowest BCUT2D eigenvalue weighted by Gasteiger charge is -2.34. The van der Waals surface area contributed by atoms with Crippen molar-refractivity contribution in [2.24, 2.45) is 12.0 Å². The van der Waals surface area contributed by atoms with Crippen molar-refractivity contribution in [1.82, 2.24) is 24.6 Å². The van der Waals surface area contributed by atoms with Gasteiger partial charge in [0.05, 0.1) is 17.6 Å². The van der Waals surface area contributed by atoms with Crippen LogP contribution in [0.15, 0.2) is 16.1 Å². The first-order valence-electron chi connectivity index (χ1n) is 7.21. The number of sulfone groups is 1. The highest BCUT2D eigenvalue weighted by molar-refractivity contribution is 8.09. The van der Waals surface area contributed by atoms with Crippen LogP contribution in [0.5, 0.6) is 0 Å². The first-order chi connectivity index (χ1) is 10.4. The van der Waals surface area contributed by atoms with Gasteiger partial charge in [-0.15, -0.1) is 10.2 Å². The smallest absolute Gasteiger partial charge is 0.234 e. The number of rotatable bonds is 2. The topological polar surface area (TPSA) is 83.7 Å². The number of aliphatic imine (C=N–C) groups is 1. The molecule has 1 fully saturated rings. The van der Waals surface area contributed by atoms with Gasteiger partial charge in [-0.1, -0.05) is 0 Å². The molecule has 3 rings (SSSR count). The maximum atomic E-state index is 12.0. The van der Waals surface area contributed by atoms with Crippen molar-refractivity contribution >= 4 is 15.0 Å². The molecule has 8 nitrogen and oxygen atoms in total. The summed E-state index contributed by atoms with van der Waals surface area (Å²) in [5.41, 5.74) is 0.548. The summed E-state index contributed by atoms with van der Waals surface area (Å²) in [6.07, 6.45) is 0. The van der Waals surface area contributed by atoms with Crippen molar-refractivity contribution in [2.75, 3.05) is 26.2 Å². The minimum absolute atomic E-state index is 0.194. The molecule has 0 radical (unpaired) electrons. The number of amidine groups is 1. The Labute approximate surface area is 130 Å². The first kappa shape index (κ1) is 15.2. The highest BCUT2D eigenvalue weighted by Gasteiger charge is 2.31. The fraction of sp³-hybridized carbons (Fsp3) is 0.615. The normalized spacial score (nSPS) is 21.9. The Kier molecular flexibility index (Phi) is 3.77. The number of aryl methyl sites for hydroxylation is 1. The maximum Gasteiger partial charge on any atom is 0.234 e. The molecule has 0 N–H and O–H groups in total. The Balaban J connectivity index is 1.62. The van der Waals surface area contributed by atoms with Crippen LogP contribution < -0.4 is 0 Å². The monoisotopic (exact) mass is 324 g/mol. The second-order valence-corrected chi connectivity index (χ2v) is 7.38. The lowest BCUT2D eigenvalue weighted by atomic mass is 10.3. The van der Waals surface area contributed by atoms with E-state index in [1.807, 2.05) is 23.4 Å². The minimum atomic E-state index is -3.35. The largest absolute Gasteiger partial charge is 0.344 e. The van der Waals surface area contributed by atoms with Crippen LogP contribution in [0.25, 0.3) is 0 Å². The minimum Gasteiger partial charge on any atom is -0.344 e. The fourth-order valence-corrected chi connectivity index (χ4v) is 4.08. The summed E-state index contributed by atoms with van der Waals surface area (Å²) < 4.78 is 26.0. The van der Waals surface area contributed by atoms with Crippen LogP contribution in [-0.4, -0.2) is 64.3 Å². The summed E-state index contributed by atoms with van der Waals surface area (Å²) in [7, 11) is -1.39. The van der Waals surface area contributed by atoms with Gasteiger partial charge in [0.15, 0.2) is 0 Å². The molecule has 0 amide bonds. The van der Waals surface area contributed by atoms with Gasteiger partial charge in [0.25, 0.3) is 0 Å². The van der Waals surface area contributed by atoms with Gasteiger partial charge in [0.2, 0.25) is 15.0 Å². The molecule has 0 bridgehead atoms. The third kappa shape index (κ3) is 2.78. The molecule has 0 spiro atoms. The number of piperazine rings is 1. The quantitative estimate of drug-likeness (QED) is 0.754. The highest BCUT2D eigenvalue weighted by Crippen LogP contribution is 2.18. The Hall–Kier alpha value is -1.74. The van der Waals surface area contributed by atoms with Gasteiger partial charge in [0.1, 0.15) is 11.6 Å². The number of allylic oxidation sites excluding steroid dienone is 1. The van der Waals surface area contributed by atoms with Gasteiger partial charge in [0, 0.05) is 33.2 Å².